The molecule has 3 aliphatic rings. The Labute approximate surface area is 131 Å². The number of hydrogen-bond donors (Lipinski definition) is 1. The van der Waals surface area contributed by atoms with Gasteiger partial charge >= 0.3 is 0 Å². The van der Waals surface area contributed by atoms with Crippen molar-refractivity contribution < 1.29 is 9.53 Å². The van der Waals surface area contributed by atoms with Crippen molar-refractivity contribution in [2.24, 2.45) is 0 Å². The average Bonchev–Trinajstić information content (AvgIpc) is 3.30. The highest BCUT2D eigenvalue weighted by Gasteiger charge is 2.39. The van der Waals surface area contributed by atoms with Gasteiger partial charge in [0.25, 0.3) is 0 Å². The van der Waals surface area contributed by atoms with Gasteiger partial charge in [-0.05, 0) is 55.4 Å². The summed E-state index contributed by atoms with van der Waals surface area (Å²) in [5.41, 5.74) is 2.84. The molecule has 2 fully saturated rings. The Morgan fingerprint density at radius 1 is 1.14 bits per heavy atom. The highest BCUT2D eigenvalue weighted by molar-refractivity contribution is 5.80. The van der Waals surface area contributed by atoms with E-state index in [1.807, 2.05) is 0 Å². The lowest BCUT2D eigenvalue weighted by molar-refractivity contribution is -0.128. The number of aryl methyl sites for hydroxylation is 1. The lowest BCUT2D eigenvalue weighted by Crippen LogP contribution is -2.43. The first-order valence-corrected chi connectivity index (χ1v) is 8.44. The van der Waals surface area contributed by atoms with Crippen LogP contribution in [0.25, 0.3) is 0 Å². The minimum Gasteiger partial charge on any atom is -0.497 e. The summed E-state index contributed by atoms with van der Waals surface area (Å²) < 4.78 is 5.34. The molecule has 1 amide bonds. The minimum absolute atomic E-state index is 0.338. The van der Waals surface area contributed by atoms with Gasteiger partial charge in [-0.15, -0.1) is 0 Å². The molecule has 1 saturated heterocycles. The quantitative estimate of drug-likeness (QED) is 0.923. The first-order valence-electron chi connectivity index (χ1n) is 8.44. The van der Waals surface area contributed by atoms with Gasteiger partial charge < -0.3 is 15.0 Å². The molecule has 1 N–H and O–H groups in total. The smallest absolute Gasteiger partial charge is 0.224 e. The number of fused-ring (bicyclic) bond motifs is 1. The fraction of sp³-hybridized carbons (Fsp3) is 0.611. The van der Waals surface area contributed by atoms with E-state index in [-0.39, 0.29) is 0 Å². The van der Waals surface area contributed by atoms with E-state index in [0.717, 1.165) is 31.6 Å². The van der Waals surface area contributed by atoms with Crippen LogP contribution in [0.1, 0.15) is 36.8 Å². The van der Waals surface area contributed by atoms with Crippen molar-refractivity contribution in [1.29, 1.82) is 0 Å². The molecule has 1 aliphatic heterocycles. The molecule has 0 radical (unpaired) electrons. The molecule has 22 heavy (non-hydrogen) atoms. The summed E-state index contributed by atoms with van der Waals surface area (Å²) in [6, 6.07) is 7.78. The van der Waals surface area contributed by atoms with Crippen molar-refractivity contribution in [3.05, 3.63) is 29.3 Å². The van der Waals surface area contributed by atoms with E-state index in [9.17, 15) is 4.79 Å². The number of amides is 1. The minimum atomic E-state index is 0.338. The molecule has 4 rings (SSSR count). The third-order valence-corrected chi connectivity index (χ3v) is 5.26. The predicted molar refractivity (Wildman–Crippen MR) is 85.1 cm³/mol. The molecular weight excluding hydrogens is 276 g/mol. The second kappa shape index (κ2) is 5.58. The first-order chi connectivity index (χ1) is 10.7. The molecule has 1 heterocycles. The molecule has 1 aromatic carbocycles. The van der Waals surface area contributed by atoms with Gasteiger partial charge in [0.05, 0.1) is 7.11 Å². The summed E-state index contributed by atoms with van der Waals surface area (Å²) in [5.74, 6) is 1.29. The van der Waals surface area contributed by atoms with E-state index in [4.69, 9.17) is 4.74 Å². The van der Waals surface area contributed by atoms with Gasteiger partial charge in [-0.25, -0.2) is 0 Å². The fourth-order valence-electron chi connectivity index (χ4n) is 3.92. The molecule has 0 spiro atoms. The SMILES string of the molecule is COc1ccc2c(c1)C[C@H](N[C@@H]1CC(=O)N(C3CC3)C1)CC2. The van der Waals surface area contributed by atoms with Gasteiger partial charge in [-0.1, -0.05) is 6.07 Å². The molecule has 1 saturated carbocycles. The summed E-state index contributed by atoms with van der Waals surface area (Å²) in [6.45, 7) is 0.908. The zero-order chi connectivity index (χ0) is 15.1. The molecule has 0 unspecified atom stereocenters. The van der Waals surface area contributed by atoms with Crippen LogP contribution in [0.2, 0.25) is 0 Å². The molecule has 118 valence electrons. The summed E-state index contributed by atoms with van der Waals surface area (Å²) in [7, 11) is 1.72. The van der Waals surface area contributed by atoms with Crippen LogP contribution in [0.4, 0.5) is 0 Å². The van der Waals surface area contributed by atoms with Crippen LogP contribution in [-0.4, -0.2) is 42.6 Å². The summed E-state index contributed by atoms with van der Waals surface area (Å²) >= 11 is 0. The van der Waals surface area contributed by atoms with Gasteiger partial charge in [0, 0.05) is 31.1 Å². The van der Waals surface area contributed by atoms with E-state index in [2.05, 4.69) is 28.4 Å². The lowest BCUT2D eigenvalue weighted by atomic mass is 9.87. The zero-order valence-corrected chi connectivity index (χ0v) is 13.2. The standard InChI is InChI=1S/C18H24N2O2/c1-22-17-7-3-12-2-4-14(8-13(12)9-17)19-15-10-18(21)20(11-15)16-5-6-16/h3,7,9,14-16,19H,2,4-6,8,10-11H2,1H3/t14-,15-/m1/s1. The van der Waals surface area contributed by atoms with Crippen molar-refractivity contribution in [2.45, 2.75) is 56.7 Å². The monoisotopic (exact) mass is 300 g/mol. The molecule has 0 bridgehead atoms. The molecular formula is C18H24N2O2. The third-order valence-electron chi connectivity index (χ3n) is 5.26. The molecule has 1 aromatic rings. The van der Waals surface area contributed by atoms with Crippen molar-refractivity contribution >= 4 is 5.91 Å². The maximum atomic E-state index is 12.1. The van der Waals surface area contributed by atoms with Crippen LogP contribution in [0.5, 0.6) is 5.75 Å². The van der Waals surface area contributed by atoms with Crippen LogP contribution in [0.3, 0.4) is 0 Å². The van der Waals surface area contributed by atoms with Crippen LogP contribution in [0.15, 0.2) is 18.2 Å². The van der Waals surface area contributed by atoms with E-state index >= 15 is 0 Å². The number of nitrogens with zero attached hydrogens (tertiary/aromatic N) is 1. The maximum Gasteiger partial charge on any atom is 0.224 e. The highest BCUT2D eigenvalue weighted by atomic mass is 16.5. The summed E-state index contributed by atoms with van der Waals surface area (Å²) in [6.07, 6.45) is 6.40. The van der Waals surface area contributed by atoms with Crippen molar-refractivity contribution in [2.75, 3.05) is 13.7 Å². The van der Waals surface area contributed by atoms with Crippen LogP contribution >= 0.6 is 0 Å². The van der Waals surface area contributed by atoms with E-state index < -0.39 is 0 Å². The molecule has 2 aliphatic carbocycles. The Morgan fingerprint density at radius 2 is 2.00 bits per heavy atom. The topological polar surface area (TPSA) is 41.6 Å². The van der Waals surface area contributed by atoms with E-state index in [1.54, 1.807) is 7.11 Å². The van der Waals surface area contributed by atoms with Gasteiger partial charge in [0.15, 0.2) is 0 Å². The van der Waals surface area contributed by atoms with Crippen molar-refractivity contribution in [1.82, 2.24) is 10.2 Å². The summed E-state index contributed by atoms with van der Waals surface area (Å²) in [5, 5.41) is 3.74. The second-order valence-electron chi connectivity index (χ2n) is 6.92. The number of benzene rings is 1. The van der Waals surface area contributed by atoms with E-state index in [0.29, 0.717) is 30.5 Å². The maximum absolute atomic E-state index is 12.1. The number of nitrogens with one attached hydrogen (secondary N) is 1. The Bertz CT molecular complexity index is 582. The van der Waals surface area contributed by atoms with Crippen molar-refractivity contribution in [3.8, 4) is 5.75 Å². The zero-order valence-electron chi connectivity index (χ0n) is 13.2. The number of ether oxygens (including phenoxy) is 1. The lowest BCUT2D eigenvalue weighted by Gasteiger charge is -2.28. The molecule has 0 aromatic heterocycles. The van der Waals surface area contributed by atoms with Crippen molar-refractivity contribution in [3.63, 3.8) is 0 Å². The number of carbonyl (C=O) groups excluding carboxylic acids is 1. The van der Waals surface area contributed by atoms with E-state index in [1.165, 1.54) is 24.0 Å². The van der Waals surface area contributed by atoms with Crippen LogP contribution < -0.4 is 10.1 Å². The third kappa shape index (κ3) is 2.72. The second-order valence-corrected chi connectivity index (χ2v) is 6.92. The number of rotatable bonds is 4. The van der Waals surface area contributed by atoms with Gasteiger partial charge in [-0.3, -0.25) is 4.79 Å². The summed E-state index contributed by atoms with van der Waals surface area (Å²) in [4.78, 5) is 14.2. The number of carbonyl (C=O) groups is 1. The Morgan fingerprint density at radius 3 is 2.77 bits per heavy atom. The Hall–Kier alpha value is -1.55. The van der Waals surface area contributed by atoms with Gasteiger partial charge in [0.1, 0.15) is 5.75 Å². The predicted octanol–water partition coefficient (Wildman–Crippen LogP) is 1.91. The Balaban J connectivity index is 1.39. The van der Waals surface area contributed by atoms with Gasteiger partial charge in [0.2, 0.25) is 5.91 Å². The fourth-order valence-corrected chi connectivity index (χ4v) is 3.92. The number of hydrogen-bond acceptors (Lipinski definition) is 3. The van der Waals surface area contributed by atoms with Crippen LogP contribution in [-0.2, 0) is 17.6 Å². The molecule has 2 atom stereocenters. The van der Waals surface area contributed by atoms with Crippen LogP contribution in [0, 0.1) is 0 Å². The average molecular weight is 300 g/mol. The number of likely N-dealkylation sites (tertiary alicyclic amines) is 1. The normalized spacial score (nSPS) is 27.9. The molecule has 4 heteroatoms. The highest BCUT2D eigenvalue weighted by Crippen LogP contribution is 2.31. The first kappa shape index (κ1) is 14.1. The van der Waals surface area contributed by atoms with Gasteiger partial charge in [-0.2, -0.15) is 0 Å². The largest absolute Gasteiger partial charge is 0.497 e. The molecule has 4 nitrogen and oxygen atoms in total. The Kier molecular flexibility index (Phi) is 3.57. The number of methoxy groups -OCH3 is 1.